The molecule has 2 heterocycles. The molecule has 1 aromatic heterocycles. The average molecular weight is 522 g/mol. The van der Waals surface area contributed by atoms with Gasteiger partial charge in [-0.3, -0.25) is 9.59 Å². The molecule has 36 heavy (non-hydrogen) atoms. The van der Waals surface area contributed by atoms with Gasteiger partial charge in [0.1, 0.15) is 11.6 Å². The van der Waals surface area contributed by atoms with Crippen LogP contribution in [-0.2, 0) is 16.0 Å². The molecule has 2 aromatic carbocycles. The summed E-state index contributed by atoms with van der Waals surface area (Å²) in [6.45, 7) is 1.83. The van der Waals surface area contributed by atoms with E-state index in [4.69, 9.17) is 33.2 Å². The molecule has 2 aliphatic rings. The number of hydrogen-bond acceptors (Lipinski definition) is 5. The molecule has 1 aliphatic carbocycles. The minimum absolute atomic E-state index is 0.131. The first kappa shape index (κ1) is 24.9. The van der Waals surface area contributed by atoms with Crippen molar-refractivity contribution in [3.8, 4) is 22.5 Å². The molecule has 7 heteroatoms. The lowest BCUT2D eigenvalue weighted by Gasteiger charge is -2.30. The third kappa shape index (κ3) is 5.47. The largest absolute Gasteiger partial charge is 0.355 e. The maximum atomic E-state index is 11.9. The van der Waals surface area contributed by atoms with Crippen molar-refractivity contribution >= 4 is 40.6 Å². The fourth-order valence-electron chi connectivity index (χ4n) is 5.19. The summed E-state index contributed by atoms with van der Waals surface area (Å²) in [4.78, 5) is 36.4. The summed E-state index contributed by atoms with van der Waals surface area (Å²) in [6, 6.07) is 15.4. The number of unbranched alkanes of at least 4 members (excludes halogenated alkanes) is 2. The third-order valence-electron chi connectivity index (χ3n) is 7.14. The highest BCUT2D eigenvalue weighted by molar-refractivity contribution is 6.31. The zero-order valence-electron chi connectivity index (χ0n) is 20.2. The van der Waals surface area contributed by atoms with E-state index in [-0.39, 0.29) is 17.5 Å². The smallest absolute Gasteiger partial charge is 0.151 e. The molecule has 5 rings (SSSR count). The Kier molecular flexibility index (Phi) is 7.68. The number of aryl methyl sites for hydroxylation is 1. The summed E-state index contributed by atoms with van der Waals surface area (Å²) in [6.07, 6.45) is 6.37. The first-order valence-corrected chi connectivity index (χ1v) is 13.5. The topological polar surface area (TPSA) is 63.2 Å². The predicted molar refractivity (Wildman–Crippen MR) is 145 cm³/mol. The van der Waals surface area contributed by atoms with Gasteiger partial charge >= 0.3 is 0 Å². The molecule has 0 saturated heterocycles. The summed E-state index contributed by atoms with van der Waals surface area (Å²) in [5.74, 6) is 0.864. The minimum atomic E-state index is -0.347. The van der Waals surface area contributed by atoms with E-state index in [2.05, 4.69) is 4.90 Å². The van der Waals surface area contributed by atoms with Crippen LogP contribution < -0.4 is 4.90 Å². The van der Waals surface area contributed by atoms with E-state index < -0.39 is 0 Å². The highest BCUT2D eigenvalue weighted by Crippen LogP contribution is 2.35. The van der Waals surface area contributed by atoms with Gasteiger partial charge in [0.25, 0.3) is 0 Å². The van der Waals surface area contributed by atoms with Gasteiger partial charge in [0.15, 0.2) is 5.82 Å². The maximum Gasteiger partial charge on any atom is 0.151 e. The average Bonchev–Trinajstić information content (AvgIpc) is 3.21. The first-order chi connectivity index (χ1) is 17.5. The number of fused-ring (bicyclic) bond motifs is 1. The second-order valence-electron chi connectivity index (χ2n) is 9.63. The molecular weight excluding hydrogens is 493 g/mol. The van der Waals surface area contributed by atoms with Crippen LogP contribution in [0.2, 0.25) is 10.0 Å². The number of ketones is 2. The van der Waals surface area contributed by atoms with Crippen molar-refractivity contribution in [2.75, 3.05) is 18.0 Å². The van der Waals surface area contributed by atoms with E-state index in [1.54, 1.807) is 0 Å². The standard InChI is InChI=1S/C29H29Cl2N3O2/c30-21-11-7-19(8-12-21)27-28(20-9-13-22(31)14-10-20)33-29-24(32-27)6-4-18-34(29)17-3-1-2-5-23-25(35)15-16-26(23)36/h7-14,23H,1-6,15-18H2. The van der Waals surface area contributed by atoms with Crippen molar-refractivity contribution in [2.45, 2.75) is 51.4 Å². The molecule has 3 aromatic rings. The Morgan fingerprint density at radius 2 is 1.33 bits per heavy atom. The molecule has 5 nitrogen and oxygen atoms in total. The fraction of sp³-hybridized carbons (Fsp3) is 0.379. The van der Waals surface area contributed by atoms with E-state index in [0.29, 0.717) is 29.3 Å². The van der Waals surface area contributed by atoms with Crippen LogP contribution in [-0.4, -0.2) is 34.6 Å². The Balaban J connectivity index is 1.36. The lowest BCUT2D eigenvalue weighted by atomic mass is 9.98. The summed E-state index contributed by atoms with van der Waals surface area (Å²) in [5, 5.41) is 1.37. The minimum Gasteiger partial charge on any atom is -0.355 e. The molecule has 0 unspecified atom stereocenters. The van der Waals surface area contributed by atoms with E-state index in [1.807, 2.05) is 48.5 Å². The maximum absolute atomic E-state index is 11.9. The lowest BCUT2D eigenvalue weighted by Crippen LogP contribution is -2.32. The highest BCUT2D eigenvalue weighted by atomic mass is 35.5. The fourth-order valence-corrected chi connectivity index (χ4v) is 5.44. The number of benzene rings is 2. The van der Waals surface area contributed by atoms with Crippen LogP contribution in [0.4, 0.5) is 5.82 Å². The molecule has 0 spiro atoms. The molecule has 0 N–H and O–H groups in total. The second-order valence-corrected chi connectivity index (χ2v) is 10.5. The zero-order chi connectivity index (χ0) is 25.1. The van der Waals surface area contributed by atoms with Gasteiger partial charge in [-0.1, -0.05) is 60.3 Å². The number of anilines is 1. The van der Waals surface area contributed by atoms with Crippen LogP contribution in [0.25, 0.3) is 22.5 Å². The monoisotopic (exact) mass is 521 g/mol. The third-order valence-corrected chi connectivity index (χ3v) is 7.64. The van der Waals surface area contributed by atoms with E-state index >= 15 is 0 Å². The summed E-state index contributed by atoms with van der Waals surface area (Å²) in [7, 11) is 0. The molecule has 1 fully saturated rings. The van der Waals surface area contributed by atoms with Crippen molar-refractivity contribution in [3.05, 3.63) is 64.3 Å². The van der Waals surface area contributed by atoms with Crippen molar-refractivity contribution in [3.63, 3.8) is 0 Å². The van der Waals surface area contributed by atoms with Crippen LogP contribution in [0.15, 0.2) is 48.5 Å². The van der Waals surface area contributed by atoms with Crippen LogP contribution in [0.3, 0.4) is 0 Å². The van der Waals surface area contributed by atoms with Crippen molar-refractivity contribution in [1.29, 1.82) is 0 Å². The Morgan fingerprint density at radius 3 is 1.94 bits per heavy atom. The van der Waals surface area contributed by atoms with Crippen LogP contribution in [0, 0.1) is 5.92 Å². The van der Waals surface area contributed by atoms with Gasteiger partial charge in [0.05, 0.1) is 23.0 Å². The quantitative estimate of drug-likeness (QED) is 0.236. The van der Waals surface area contributed by atoms with Gasteiger partial charge in [0, 0.05) is 47.1 Å². The predicted octanol–water partition coefficient (Wildman–Crippen LogP) is 6.98. The number of Topliss-reactive ketones (excluding diaryl/α,β-unsaturated/α-hetero) is 2. The second kappa shape index (κ2) is 11.1. The van der Waals surface area contributed by atoms with Crippen LogP contribution in [0.5, 0.6) is 0 Å². The first-order valence-electron chi connectivity index (χ1n) is 12.7. The normalized spacial score (nSPS) is 16.0. The van der Waals surface area contributed by atoms with Crippen molar-refractivity contribution in [2.24, 2.45) is 5.92 Å². The number of aromatic nitrogens is 2. The molecule has 0 radical (unpaired) electrons. The van der Waals surface area contributed by atoms with Gasteiger partial charge in [-0.2, -0.15) is 0 Å². The van der Waals surface area contributed by atoms with Gasteiger partial charge in [-0.05, 0) is 49.9 Å². The van der Waals surface area contributed by atoms with Gasteiger partial charge in [-0.15, -0.1) is 0 Å². The number of hydrogen-bond donors (Lipinski definition) is 0. The lowest BCUT2D eigenvalue weighted by molar-refractivity contribution is -0.127. The number of rotatable bonds is 8. The molecular formula is C29H29Cl2N3O2. The molecule has 0 atom stereocenters. The van der Waals surface area contributed by atoms with Crippen molar-refractivity contribution < 1.29 is 9.59 Å². The Labute approximate surface area is 221 Å². The van der Waals surface area contributed by atoms with E-state index in [0.717, 1.165) is 79.2 Å². The van der Waals surface area contributed by atoms with E-state index in [1.165, 1.54) is 0 Å². The number of carbonyl (C=O) groups excluding carboxylic acids is 2. The van der Waals surface area contributed by atoms with Gasteiger partial charge in [-0.25, -0.2) is 9.97 Å². The Morgan fingerprint density at radius 1 is 0.750 bits per heavy atom. The SMILES string of the molecule is O=C1CCC(=O)C1CCCCCN1CCCc2nc(-c3ccc(Cl)cc3)c(-c3ccc(Cl)cc3)nc21. The highest BCUT2D eigenvalue weighted by Gasteiger charge is 2.32. The zero-order valence-corrected chi connectivity index (χ0v) is 21.7. The van der Waals surface area contributed by atoms with Gasteiger partial charge < -0.3 is 4.90 Å². The van der Waals surface area contributed by atoms with Crippen LogP contribution in [0.1, 0.15) is 50.6 Å². The Bertz CT molecular complexity index is 1240. The number of halogens is 2. The summed E-state index contributed by atoms with van der Waals surface area (Å²) < 4.78 is 0. The van der Waals surface area contributed by atoms with E-state index in [9.17, 15) is 9.59 Å². The molecule has 0 bridgehead atoms. The van der Waals surface area contributed by atoms with Crippen LogP contribution >= 0.6 is 23.2 Å². The summed E-state index contributed by atoms with van der Waals surface area (Å²) in [5.41, 5.74) is 4.65. The molecule has 1 saturated carbocycles. The number of carbonyl (C=O) groups is 2. The number of nitrogens with zero attached hydrogens (tertiary/aromatic N) is 3. The summed E-state index contributed by atoms with van der Waals surface area (Å²) >= 11 is 12.3. The molecule has 0 amide bonds. The molecule has 186 valence electrons. The van der Waals surface area contributed by atoms with Crippen molar-refractivity contribution in [1.82, 2.24) is 9.97 Å². The molecule has 1 aliphatic heterocycles. The Hall–Kier alpha value is -2.76. The van der Waals surface area contributed by atoms with Gasteiger partial charge in [0.2, 0.25) is 0 Å².